The van der Waals surface area contributed by atoms with Gasteiger partial charge in [0.05, 0.1) is 11.2 Å². The number of carboxylic acids is 1. The summed E-state index contributed by atoms with van der Waals surface area (Å²) in [4.78, 5) is 11.0. The normalized spacial score (nSPS) is 15.6. The van der Waals surface area contributed by atoms with Crippen LogP contribution in [0.25, 0.3) is 0 Å². The molecule has 0 aromatic rings. The molecule has 0 saturated carbocycles. The van der Waals surface area contributed by atoms with Gasteiger partial charge in [0.15, 0.2) is 9.84 Å². The first kappa shape index (κ1) is 15.7. The zero-order chi connectivity index (χ0) is 13.1. The Morgan fingerprint density at radius 3 is 1.94 bits per heavy atom. The van der Waals surface area contributed by atoms with Crippen LogP contribution in [0.5, 0.6) is 0 Å². The minimum Gasteiger partial charge on any atom is -0.481 e. The predicted octanol–water partition coefficient (Wildman–Crippen LogP) is 2.08. The third-order valence-electron chi connectivity index (χ3n) is 2.14. The van der Waals surface area contributed by atoms with Crippen molar-refractivity contribution in [1.82, 2.24) is 0 Å². The number of carboxylic acid groups (broad SMARTS) is 1. The monoisotopic (exact) mass is 288 g/mol. The van der Waals surface area contributed by atoms with Crippen LogP contribution in [0.3, 0.4) is 0 Å². The fraction of sp³-hybridized carbons (Fsp3) is 0.667. The highest BCUT2D eigenvalue weighted by Crippen LogP contribution is 2.25. The maximum absolute atomic E-state index is 11.5. The average molecular weight is 289 g/mol. The summed E-state index contributed by atoms with van der Waals surface area (Å²) in [6, 6.07) is 0. The largest absolute Gasteiger partial charge is 0.481 e. The Hall–Kier alpha value is -0.260. The summed E-state index contributed by atoms with van der Waals surface area (Å²) >= 11 is 10.8. The molecule has 7 heteroatoms. The molecule has 0 bridgehead atoms. The molecule has 0 fully saturated rings. The molecule has 0 saturated heterocycles. The van der Waals surface area contributed by atoms with Gasteiger partial charge in [-0.25, -0.2) is 8.42 Å². The Kier molecular flexibility index (Phi) is 5.79. The Morgan fingerprint density at radius 1 is 1.31 bits per heavy atom. The highest BCUT2D eigenvalue weighted by molar-refractivity contribution is 7.91. The zero-order valence-corrected chi connectivity index (χ0v) is 11.5. The van der Waals surface area contributed by atoms with Crippen molar-refractivity contribution in [2.45, 2.75) is 19.1 Å². The molecule has 0 aromatic heterocycles. The first-order valence-electron chi connectivity index (χ1n) is 4.52. The molecule has 2 atom stereocenters. The third-order valence-corrected chi connectivity index (χ3v) is 3.81. The molecular weight excluding hydrogens is 275 g/mol. The minimum atomic E-state index is -3.58. The van der Waals surface area contributed by atoms with Crippen molar-refractivity contribution in [3.63, 3.8) is 0 Å². The summed E-state index contributed by atoms with van der Waals surface area (Å²) in [7, 11) is -3.58. The van der Waals surface area contributed by atoms with Crippen LogP contribution >= 0.6 is 23.2 Å². The molecule has 4 nitrogen and oxygen atoms in total. The lowest BCUT2D eigenvalue weighted by Gasteiger charge is -2.22. The fourth-order valence-electron chi connectivity index (χ4n) is 1.42. The molecule has 0 radical (unpaired) electrons. The van der Waals surface area contributed by atoms with Crippen LogP contribution in [0.15, 0.2) is 10.6 Å². The van der Waals surface area contributed by atoms with Gasteiger partial charge in [0.1, 0.15) is 4.49 Å². The third kappa shape index (κ3) is 4.72. The lowest BCUT2D eigenvalue weighted by Crippen LogP contribution is -2.36. The number of halogens is 2. The minimum absolute atomic E-state index is 0.248. The molecule has 2 unspecified atom stereocenters. The molecule has 0 amide bonds. The van der Waals surface area contributed by atoms with Gasteiger partial charge in [-0.05, 0) is 12.0 Å². The van der Waals surface area contributed by atoms with E-state index in [0.717, 1.165) is 12.3 Å². The van der Waals surface area contributed by atoms with Gasteiger partial charge in [-0.3, -0.25) is 4.79 Å². The van der Waals surface area contributed by atoms with E-state index in [4.69, 9.17) is 28.3 Å². The second-order valence-electron chi connectivity index (χ2n) is 3.86. The lowest BCUT2D eigenvalue weighted by atomic mass is 9.92. The Balaban J connectivity index is 5.49. The van der Waals surface area contributed by atoms with E-state index >= 15 is 0 Å². The van der Waals surface area contributed by atoms with Gasteiger partial charge in [0.25, 0.3) is 0 Å². The van der Waals surface area contributed by atoms with E-state index in [1.807, 2.05) is 0 Å². The van der Waals surface area contributed by atoms with E-state index in [1.165, 1.54) is 0 Å². The SMILES string of the molecule is CC(C)C(C(=O)O)C(C=C(Cl)Cl)S(C)(=O)=O. The fourth-order valence-corrected chi connectivity index (χ4v) is 3.19. The summed E-state index contributed by atoms with van der Waals surface area (Å²) in [6.07, 6.45) is 2.01. The van der Waals surface area contributed by atoms with E-state index in [9.17, 15) is 13.2 Å². The standard InChI is InChI=1S/C9H14Cl2O4S/c1-5(2)8(9(12)13)6(4-7(10)11)16(3,14)15/h4-6,8H,1-3H3,(H,12,13). The number of carbonyl (C=O) groups is 1. The van der Waals surface area contributed by atoms with Gasteiger partial charge in [-0.1, -0.05) is 37.0 Å². The highest BCUT2D eigenvalue weighted by atomic mass is 35.5. The molecule has 0 aliphatic heterocycles. The molecule has 0 spiro atoms. The molecule has 0 heterocycles. The van der Waals surface area contributed by atoms with Crippen molar-refractivity contribution in [3.8, 4) is 0 Å². The molecular formula is C9H14Cl2O4S. The summed E-state index contributed by atoms with van der Waals surface area (Å²) in [5, 5.41) is 7.80. The number of aliphatic carboxylic acids is 1. The molecule has 0 aliphatic rings. The van der Waals surface area contributed by atoms with Crippen LogP contribution < -0.4 is 0 Å². The molecule has 0 aliphatic carbocycles. The Morgan fingerprint density at radius 2 is 1.75 bits per heavy atom. The molecule has 0 aromatic carbocycles. The van der Waals surface area contributed by atoms with Gasteiger partial charge in [0, 0.05) is 6.26 Å². The van der Waals surface area contributed by atoms with E-state index in [1.54, 1.807) is 13.8 Å². The van der Waals surface area contributed by atoms with Crippen LogP contribution in [0.2, 0.25) is 0 Å². The molecule has 0 rings (SSSR count). The number of rotatable bonds is 5. The summed E-state index contributed by atoms with van der Waals surface area (Å²) in [5.74, 6) is -2.60. The van der Waals surface area contributed by atoms with Crippen LogP contribution in [0.4, 0.5) is 0 Å². The van der Waals surface area contributed by atoms with Gasteiger partial charge in [-0.15, -0.1) is 0 Å². The number of sulfone groups is 1. The van der Waals surface area contributed by atoms with E-state index < -0.39 is 27.0 Å². The number of hydrogen-bond donors (Lipinski definition) is 1. The predicted molar refractivity (Wildman–Crippen MR) is 64.4 cm³/mol. The molecule has 94 valence electrons. The zero-order valence-electron chi connectivity index (χ0n) is 9.15. The Bertz CT molecular complexity index is 382. The highest BCUT2D eigenvalue weighted by Gasteiger charge is 2.36. The van der Waals surface area contributed by atoms with Gasteiger partial charge >= 0.3 is 5.97 Å². The van der Waals surface area contributed by atoms with Crippen molar-refractivity contribution in [2.75, 3.05) is 6.26 Å². The van der Waals surface area contributed by atoms with Crippen molar-refractivity contribution < 1.29 is 18.3 Å². The van der Waals surface area contributed by atoms with Gasteiger partial charge < -0.3 is 5.11 Å². The second kappa shape index (κ2) is 5.89. The lowest BCUT2D eigenvalue weighted by molar-refractivity contribution is -0.142. The first-order chi connectivity index (χ1) is 7.07. The summed E-state index contributed by atoms with van der Waals surface area (Å²) < 4.78 is 22.7. The van der Waals surface area contributed by atoms with E-state index in [2.05, 4.69) is 0 Å². The van der Waals surface area contributed by atoms with Gasteiger partial charge in [0.2, 0.25) is 0 Å². The van der Waals surface area contributed by atoms with Gasteiger partial charge in [-0.2, -0.15) is 0 Å². The molecule has 1 N–H and O–H groups in total. The van der Waals surface area contributed by atoms with Crippen molar-refractivity contribution in [3.05, 3.63) is 10.6 Å². The van der Waals surface area contributed by atoms with Crippen molar-refractivity contribution in [2.24, 2.45) is 11.8 Å². The number of hydrogen-bond acceptors (Lipinski definition) is 3. The van der Waals surface area contributed by atoms with E-state index in [0.29, 0.717) is 0 Å². The van der Waals surface area contributed by atoms with E-state index in [-0.39, 0.29) is 10.4 Å². The summed E-state index contributed by atoms with van der Waals surface area (Å²) in [5.41, 5.74) is 0. The van der Waals surface area contributed by atoms with Crippen LogP contribution in [-0.4, -0.2) is 31.0 Å². The maximum atomic E-state index is 11.5. The van der Waals surface area contributed by atoms with Crippen LogP contribution in [0, 0.1) is 11.8 Å². The maximum Gasteiger partial charge on any atom is 0.308 e. The smallest absolute Gasteiger partial charge is 0.308 e. The van der Waals surface area contributed by atoms with Crippen molar-refractivity contribution in [1.29, 1.82) is 0 Å². The molecule has 16 heavy (non-hydrogen) atoms. The Labute approximate surface area is 105 Å². The summed E-state index contributed by atoms with van der Waals surface area (Å²) in [6.45, 7) is 3.26. The van der Waals surface area contributed by atoms with Crippen molar-refractivity contribution >= 4 is 39.0 Å². The average Bonchev–Trinajstić information content (AvgIpc) is 1.98. The topological polar surface area (TPSA) is 71.4 Å². The van der Waals surface area contributed by atoms with Crippen LogP contribution in [-0.2, 0) is 14.6 Å². The quantitative estimate of drug-likeness (QED) is 0.841. The first-order valence-corrected chi connectivity index (χ1v) is 7.23. The second-order valence-corrected chi connectivity index (χ2v) is 7.07. The van der Waals surface area contributed by atoms with Crippen LogP contribution in [0.1, 0.15) is 13.8 Å².